The molecule has 1 atom stereocenters. The van der Waals surface area contributed by atoms with Crippen molar-refractivity contribution in [3.8, 4) is 33.2 Å². The van der Waals surface area contributed by atoms with Crippen LogP contribution in [0.25, 0.3) is 31.9 Å². The largest absolute Gasteiger partial charge is 0.491 e. The van der Waals surface area contributed by atoms with E-state index in [0.717, 1.165) is 23.0 Å². The lowest BCUT2D eigenvalue weighted by molar-refractivity contribution is -0.138. The first kappa shape index (κ1) is 33.2. The number of ether oxygens (including phenoxy) is 3. The van der Waals surface area contributed by atoms with Crippen molar-refractivity contribution < 1.29 is 41.8 Å². The minimum absolute atomic E-state index is 0.00648. The van der Waals surface area contributed by atoms with E-state index < -0.39 is 23.7 Å². The van der Waals surface area contributed by atoms with E-state index in [4.69, 9.17) is 14.2 Å². The van der Waals surface area contributed by atoms with Crippen LogP contribution in [0.5, 0.6) is 11.5 Å². The van der Waals surface area contributed by atoms with Crippen LogP contribution < -0.4 is 14.8 Å². The number of hydrogen-bond donors (Lipinski definition) is 1. The zero-order chi connectivity index (χ0) is 34.8. The maximum absolute atomic E-state index is 14.1. The summed E-state index contributed by atoms with van der Waals surface area (Å²) in [5, 5.41) is 2.55. The highest BCUT2D eigenvalue weighted by Crippen LogP contribution is 2.42. The fraction of sp³-hybridized carbons (Fsp3) is 0.250. The standard InChI is InChI=1S/C36H29F3N4O6S/c37-36(38,39)28-17-21(22-2-1-11-40-19-22)3-6-27(28)34-41-29-8-5-25(18-31(29)50-34)49-15-13-47-12-14-48-24-4-7-26-23(16-24)20-43(35(26)46)30-9-10-32(44)42-33(30)45/h1-8,11,16-19,30H,9-10,12-15,20H2,(H,42,44,45). The van der Waals surface area contributed by atoms with Crippen LogP contribution in [0, 0.1) is 0 Å². The van der Waals surface area contributed by atoms with Gasteiger partial charge in [0.15, 0.2) is 0 Å². The van der Waals surface area contributed by atoms with E-state index >= 15 is 0 Å². The summed E-state index contributed by atoms with van der Waals surface area (Å²) in [6.45, 7) is 1.30. The van der Waals surface area contributed by atoms with Gasteiger partial charge in [0.1, 0.15) is 35.8 Å². The molecule has 0 saturated carbocycles. The molecule has 2 aliphatic rings. The van der Waals surface area contributed by atoms with E-state index in [-0.39, 0.29) is 61.8 Å². The van der Waals surface area contributed by atoms with Gasteiger partial charge in [-0.1, -0.05) is 18.2 Å². The Hall–Kier alpha value is -5.34. The Morgan fingerprint density at radius 1 is 0.880 bits per heavy atom. The molecule has 7 rings (SSSR count). The maximum atomic E-state index is 14.1. The van der Waals surface area contributed by atoms with Crippen molar-refractivity contribution in [2.45, 2.75) is 31.6 Å². The lowest BCUT2D eigenvalue weighted by Crippen LogP contribution is -2.52. The molecule has 0 aliphatic carbocycles. The number of hydrogen-bond acceptors (Lipinski definition) is 9. The summed E-state index contributed by atoms with van der Waals surface area (Å²) in [5.41, 5.74) is 2.06. The fourth-order valence-electron chi connectivity index (χ4n) is 5.97. The summed E-state index contributed by atoms with van der Waals surface area (Å²) in [7, 11) is 0. The second-order valence-electron chi connectivity index (χ2n) is 11.7. The highest BCUT2D eigenvalue weighted by atomic mass is 32.1. The van der Waals surface area contributed by atoms with Crippen LogP contribution in [-0.2, 0) is 27.0 Å². The maximum Gasteiger partial charge on any atom is 0.417 e. The third-order valence-corrected chi connectivity index (χ3v) is 9.45. The minimum Gasteiger partial charge on any atom is -0.491 e. The summed E-state index contributed by atoms with van der Waals surface area (Å²) in [6.07, 6.45) is -0.998. The Labute approximate surface area is 287 Å². The van der Waals surface area contributed by atoms with E-state index in [1.807, 2.05) is 0 Å². The van der Waals surface area contributed by atoms with Gasteiger partial charge < -0.3 is 19.1 Å². The molecule has 1 N–H and O–H groups in total. The molecule has 50 heavy (non-hydrogen) atoms. The van der Waals surface area contributed by atoms with Crippen molar-refractivity contribution in [1.29, 1.82) is 0 Å². The van der Waals surface area contributed by atoms with Crippen molar-refractivity contribution in [2.24, 2.45) is 0 Å². The molecule has 0 bridgehead atoms. The molecular weight excluding hydrogens is 673 g/mol. The minimum atomic E-state index is -4.58. The second kappa shape index (κ2) is 13.9. The van der Waals surface area contributed by atoms with Gasteiger partial charge in [-0.25, -0.2) is 4.98 Å². The van der Waals surface area contributed by atoms with E-state index in [1.54, 1.807) is 60.8 Å². The summed E-state index contributed by atoms with van der Waals surface area (Å²) in [4.78, 5) is 46.6. The van der Waals surface area contributed by atoms with Gasteiger partial charge in [-0.2, -0.15) is 13.2 Å². The van der Waals surface area contributed by atoms with E-state index in [1.165, 1.54) is 17.2 Å². The molecule has 4 heterocycles. The van der Waals surface area contributed by atoms with Crippen molar-refractivity contribution in [3.63, 3.8) is 0 Å². The summed E-state index contributed by atoms with van der Waals surface area (Å²) in [6, 6.07) is 17.2. The molecule has 0 radical (unpaired) electrons. The fourth-order valence-corrected chi connectivity index (χ4v) is 7.00. The van der Waals surface area contributed by atoms with Gasteiger partial charge in [-0.3, -0.25) is 24.7 Å². The number of thiazole rings is 1. The molecule has 0 spiro atoms. The summed E-state index contributed by atoms with van der Waals surface area (Å²) < 4.78 is 60.3. The number of fused-ring (bicyclic) bond motifs is 2. The number of amides is 3. The average molecular weight is 703 g/mol. The molecule has 3 amide bonds. The topological polar surface area (TPSA) is 120 Å². The van der Waals surface area contributed by atoms with E-state index in [9.17, 15) is 27.6 Å². The van der Waals surface area contributed by atoms with Crippen LogP contribution in [0.2, 0.25) is 0 Å². The number of halogens is 3. The van der Waals surface area contributed by atoms with Crippen LogP contribution >= 0.6 is 11.3 Å². The third-order valence-electron chi connectivity index (χ3n) is 8.40. The Balaban J connectivity index is 0.897. The number of benzene rings is 3. The van der Waals surface area contributed by atoms with Crippen molar-refractivity contribution in [2.75, 3.05) is 26.4 Å². The van der Waals surface area contributed by atoms with E-state index in [2.05, 4.69) is 15.3 Å². The van der Waals surface area contributed by atoms with Crippen molar-refractivity contribution in [1.82, 2.24) is 20.2 Å². The zero-order valence-corrected chi connectivity index (χ0v) is 27.2. The molecule has 1 saturated heterocycles. The molecule has 10 nitrogen and oxygen atoms in total. The number of nitrogens with one attached hydrogen (secondary N) is 1. The first-order chi connectivity index (χ1) is 24.1. The number of imide groups is 1. The molecule has 1 fully saturated rings. The lowest BCUT2D eigenvalue weighted by atomic mass is 10.00. The van der Waals surface area contributed by atoms with Crippen LogP contribution in [0.3, 0.4) is 0 Å². The van der Waals surface area contributed by atoms with E-state index in [0.29, 0.717) is 44.8 Å². The molecule has 2 aliphatic heterocycles. The van der Waals surface area contributed by atoms with Gasteiger partial charge in [0.25, 0.3) is 5.91 Å². The van der Waals surface area contributed by atoms with Gasteiger partial charge in [0, 0.05) is 42.0 Å². The molecule has 3 aromatic carbocycles. The quantitative estimate of drug-likeness (QED) is 0.126. The molecule has 256 valence electrons. The van der Waals surface area contributed by atoms with Gasteiger partial charge in [0.2, 0.25) is 11.8 Å². The second-order valence-corrected chi connectivity index (χ2v) is 12.7. The Morgan fingerprint density at radius 3 is 2.38 bits per heavy atom. The van der Waals surface area contributed by atoms with Gasteiger partial charge >= 0.3 is 6.18 Å². The van der Waals surface area contributed by atoms with Gasteiger partial charge in [-0.15, -0.1) is 11.3 Å². The summed E-state index contributed by atoms with van der Waals surface area (Å²) >= 11 is 1.16. The third kappa shape index (κ3) is 7.03. The molecule has 1 unspecified atom stereocenters. The number of rotatable bonds is 11. The first-order valence-corrected chi connectivity index (χ1v) is 16.6. The van der Waals surface area contributed by atoms with Crippen molar-refractivity contribution >= 4 is 39.3 Å². The predicted octanol–water partition coefficient (Wildman–Crippen LogP) is 6.28. The highest BCUT2D eigenvalue weighted by molar-refractivity contribution is 7.21. The number of carbonyl (C=O) groups is 3. The monoisotopic (exact) mass is 702 g/mol. The van der Waals surface area contributed by atoms with Gasteiger partial charge in [0.05, 0.1) is 29.0 Å². The number of pyridine rings is 1. The number of aromatic nitrogens is 2. The smallest absolute Gasteiger partial charge is 0.417 e. The predicted molar refractivity (Wildman–Crippen MR) is 178 cm³/mol. The normalized spacial score (nSPS) is 16.1. The molecular formula is C36H29F3N4O6S. The Kier molecular flexibility index (Phi) is 9.21. The Morgan fingerprint density at radius 2 is 1.64 bits per heavy atom. The van der Waals surface area contributed by atoms with Crippen molar-refractivity contribution in [3.05, 3.63) is 95.8 Å². The number of piperidine rings is 1. The number of alkyl halides is 3. The SMILES string of the molecule is O=C1CCC(N2Cc3cc(OCCOCCOc4ccc5nc(-c6ccc(-c7cccnc7)cc6C(F)(F)F)sc5c4)ccc3C2=O)C(=O)N1. The zero-order valence-electron chi connectivity index (χ0n) is 26.4. The summed E-state index contributed by atoms with van der Waals surface area (Å²) in [5.74, 6) is 0.0583. The lowest BCUT2D eigenvalue weighted by Gasteiger charge is -2.29. The molecule has 2 aromatic heterocycles. The van der Waals surface area contributed by atoms with Crippen LogP contribution in [0.1, 0.15) is 34.3 Å². The average Bonchev–Trinajstić information content (AvgIpc) is 3.67. The van der Waals surface area contributed by atoms with Crippen LogP contribution in [0.4, 0.5) is 13.2 Å². The van der Waals surface area contributed by atoms with Gasteiger partial charge in [-0.05, 0) is 66.1 Å². The first-order valence-electron chi connectivity index (χ1n) is 15.8. The van der Waals surface area contributed by atoms with Crippen LogP contribution in [0.15, 0.2) is 79.1 Å². The highest BCUT2D eigenvalue weighted by Gasteiger charge is 2.39. The number of nitrogens with zero attached hydrogens (tertiary/aromatic N) is 3. The molecule has 14 heteroatoms. The number of carbonyl (C=O) groups excluding carboxylic acids is 3. The Bertz CT molecular complexity index is 2090. The molecule has 5 aromatic rings. The van der Waals surface area contributed by atoms with Crippen LogP contribution in [-0.4, -0.2) is 65.1 Å².